The van der Waals surface area contributed by atoms with Gasteiger partial charge in [0.25, 0.3) is 5.56 Å². The lowest BCUT2D eigenvalue weighted by Gasteiger charge is -2.13. The van der Waals surface area contributed by atoms with Gasteiger partial charge in [0.15, 0.2) is 0 Å². The number of aromatic amines is 1. The van der Waals surface area contributed by atoms with E-state index in [2.05, 4.69) is 9.97 Å². The van der Waals surface area contributed by atoms with E-state index in [0.29, 0.717) is 5.56 Å². The molecule has 3 rings (SSSR count). The van der Waals surface area contributed by atoms with E-state index in [1.807, 2.05) is 6.92 Å². The van der Waals surface area contributed by atoms with E-state index in [4.69, 9.17) is 11.6 Å². The average Bonchev–Trinajstić information content (AvgIpc) is 3.07. The molecule has 2 heterocycles. The van der Waals surface area contributed by atoms with E-state index < -0.39 is 5.69 Å². The molecule has 2 aromatic heterocycles. The van der Waals surface area contributed by atoms with Crippen molar-refractivity contribution >= 4 is 22.9 Å². The highest BCUT2D eigenvalue weighted by molar-refractivity contribution is 7.09. The predicted molar refractivity (Wildman–Crippen MR) is 83.5 cm³/mol. The molecule has 0 amide bonds. The van der Waals surface area contributed by atoms with Crippen LogP contribution in [0.15, 0.2) is 15.1 Å². The Morgan fingerprint density at radius 1 is 1.43 bits per heavy atom. The third-order valence-electron chi connectivity index (χ3n) is 4.08. The standard InChI is InChI=1S/C14H16ClN3O2S/c1-8-10(21-7-16-8)6-18-13(19)11(9-4-2-3-5-9)12(15)17-14(18)20/h7,9H,2-6H2,1H3,(H,17,20). The molecule has 7 heteroatoms. The molecular formula is C14H16ClN3O2S. The van der Waals surface area contributed by atoms with E-state index in [9.17, 15) is 9.59 Å². The van der Waals surface area contributed by atoms with Gasteiger partial charge in [0.1, 0.15) is 5.15 Å². The topological polar surface area (TPSA) is 67.8 Å². The fourth-order valence-corrected chi connectivity index (χ4v) is 3.97. The van der Waals surface area contributed by atoms with Crippen LogP contribution in [0.5, 0.6) is 0 Å². The first-order valence-electron chi connectivity index (χ1n) is 6.99. The fourth-order valence-electron chi connectivity index (χ4n) is 2.89. The molecule has 2 aromatic rings. The Bertz CT molecular complexity index is 771. The molecule has 1 aliphatic rings. The Morgan fingerprint density at radius 2 is 2.14 bits per heavy atom. The molecular weight excluding hydrogens is 310 g/mol. The Balaban J connectivity index is 2.08. The molecule has 1 saturated carbocycles. The molecule has 5 nitrogen and oxygen atoms in total. The smallest absolute Gasteiger partial charge is 0.297 e. The molecule has 0 spiro atoms. The maximum Gasteiger partial charge on any atom is 0.329 e. The van der Waals surface area contributed by atoms with E-state index in [0.717, 1.165) is 36.3 Å². The molecule has 1 fully saturated rings. The molecule has 0 unspecified atom stereocenters. The SMILES string of the molecule is Cc1ncsc1Cn1c(=O)[nH]c(Cl)c(C2CCCC2)c1=O. The van der Waals surface area contributed by atoms with Crippen molar-refractivity contribution in [3.63, 3.8) is 0 Å². The lowest BCUT2D eigenvalue weighted by atomic mass is 10.0. The number of hydrogen-bond acceptors (Lipinski definition) is 4. The number of hydrogen-bond donors (Lipinski definition) is 1. The molecule has 112 valence electrons. The van der Waals surface area contributed by atoms with Gasteiger partial charge in [0.05, 0.1) is 23.3 Å². The second kappa shape index (κ2) is 5.77. The first-order valence-corrected chi connectivity index (χ1v) is 8.25. The van der Waals surface area contributed by atoms with Crippen molar-refractivity contribution in [3.8, 4) is 0 Å². The summed E-state index contributed by atoms with van der Waals surface area (Å²) in [6.45, 7) is 2.13. The van der Waals surface area contributed by atoms with Gasteiger partial charge in [-0.15, -0.1) is 11.3 Å². The first kappa shape index (κ1) is 14.5. The van der Waals surface area contributed by atoms with Crippen LogP contribution in [0, 0.1) is 6.92 Å². The highest BCUT2D eigenvalue weighted by Crippen LogP contribution is 2.34. The third-order valence-corrected chi connectivity index (χ3v) is 5.30. The second-order valence-electron chi connectivity index (χ2n) is 5.39. The monoisotopic (exact) mass is 325 g/mol. The Morgan fingerprint density at radius 3 is 2.76 bits per heavy atom. The minimum Gasteiger partial charge on any atom is -0.297 e. The lowest BCUT2D eigenvalue weighted by molar-refractivity contribution is 0.643. The molecule has 0 aliphatic heterocycles. The minimum atomic E-state index is -0.459. The fraction of sp³-hybridized carbons (Fsp3) is 0.500. The van der Waals surface area contributed by atoms with Crippen LogP contribution in [0.25, 0.3) is 0 Å². The van der Waals surface area contributed by atoms with Crippen LogP contribution < -0.4 is 11.2 Å². The van der Waals surface area contributed by atoms with E-state index in [1.54, 1.807) is 5.51 Å². The van der Waals surface area contributed by atoms with Crippen LogP contribution in [0.3, 0.4) is 0 Å². The zero-order chi connectivity index (χ0) is 15.0. The van der Waals surface area contributed by atoms with Gasteiger partial charge in [-0.2, -0.15) is 0 Å². The number of thiazole rings is 1. The van der Waals surface area contributed by atoms with E-state index >= 15 is 0 Å². The number of aryl methyl sites for hydroxylation is 1. The van der Waals surface area contributed by atoms with Crippen LogP contribution in [-0.2, 0) is 6.54 Å². The van der Waals surface area contributed by atoms with Crippen LogP contribution in [0.4, 0.5) is 0 Å². The Hall–Kier alpha value is -1.40. The third kappa shape index (κ3) is 2.70. The van der Waals surface area contributed by atoms with Gasteiger partial charge in [-0.05, 0) is 25.7 Å². The maximum absolute atomic E-state index is 12.7. The van der Waals surface area contributed by atoms with Crippen molar-refractivity contribution in [1.82, 2.24) is 14.5 Å². The summed E-state index contributed by atoms with van der Waals surface area (Å²) in [6, 6.07) is 0. The summed E-state index contributed by atoms with van der Waals surface area (Å²) < 4.78 is 1.24. The number of nitrogens with one attached hydrogen (secondary N) is 1. The summed E-state index contributed by atoms with van der Waals surface area (Å²) in [5, 5.41) is 0.203. The highest BCUT2D eigenvalue weighted by atomic mass is 35.5. The summed E-state index contributed by atoms with van der Waals surface area (Å²) in [4.78, 5) is 32.4. The van der Waals surface area contributed by atoms with Gasteiger partial charge < -0.3 is 0 Å². The first-order chi connectivity index (χ1) is 10.1. The summed E-state index contributed by atoms with van der Waals surface area (Å²) in [5.41, 5.74) is 2.42. The second-order valence-corrected chi connectivity index (χ2v) is 6.71. The van der Waals surface area contributed by atoms with Gasteiger partial charge in [-0.3, -0.25) is 14.3 Å². The maximum atomic E-state index is 12.7. The summed E-state index contributed by atoms with van der Waals surface area (Å²) >= 11 is 7.57. The molecule has 21 heavy (non-hydrogen) atoms. The van der Waals surface area contributed by atoms with Crippen molar-refractivity contribution in [2.24, 2.45) is 0 Å². The number of rotatable bonds is 3. The summed E-state index contributed by atoms with van der Waals surface area (Å²) in [5.74, 6) is 0.163. The molecule has 0 atom stereocenters. The van der Waals surface area contributed by atoms with Crippen LogP contribution in [0.1, 0.15) is 47.7 Å². The van der Waals surface area contributed by atoms with Crippen molar-refractivity contribution in [2.45, 2.75) is 45.1 Å². The Labute approximate surface area is 130 Å². The van der Waals surface area contributed by atoms with E-state index in [-0.39, 0.29) is 23.2 Å². The van der Waals surface area contributed by atoms with Gasteiger partial charge in [-0.25, -0.2) is 9.78 Å². The van der Waals surface area contributed by atoms with Crippen molar-refractivity contribution < 1.29 is 0 Å². The molecule has 0 saturated heterocycles. The molecule has 1 aliphatic carbocycles. The van der Waals surface area contributed by atoms with Gasteiger partial charge >= 0.3 is 5.69 Å². The molecule has 0 radical (unpaired) electrons. The van der Waals surface area contributed by atoms with Crippen molar-refractivity contribution in [1.29, 1.82) is 0 Å². The van der Waals surface area contributed by atoms with Gasteiger partial charge in [0.2, 0.25) is 0 Å². The number of H-pyrrole nitrogens is 1. The zero-order valence-electron chi connectivity index (χ0n) is 11.7. The van der Waals surface area contributed by atoms with Gasteiger partial charge in [-0.1, -0.05) is 24.4 Å². The lowest BCUT2D eigenvalue weighted by Crippen LogP contribution is -2.38. The average molecular weight is 326 g/mol. The summed E-state index contributed by atoms with van der Waals surface area (Å²) in [6.07, 6.45) is 4.13. The largest absolute Gasteiger partial charge is 0.329 e. The number of halogens is 1. The van der Waals surface area contributed by atoms with Crippen LogP contribution in [-0.4, -0.2) is 14.5 Å². The zero-order valence-corrected chi connectivity index (χ0v) is 13.3. The highest BCUT2D eigenvalue weighted by Gasteiger charge is 2.25. The van der Waals surface area contributed by atoms with Crippen molar-refractivity contribution in [2.75, 3.05) is 0 Å². The van der Waals surface area contributed by atoms with Gasteiger partial charge in [0, 0.05) is 4.88 Å². The number of aromatic nitrogens is 3. The predicted octanol–water partition coefficient (Wildman–Crippen LogP) is 2.66. The quantitative estimate of drug-likeness (QED) is 0.882. The Kier molecular flexibility index (Phi) is 3.99. The molecule has 0 bridgehead atoms. The van der Waals surface area contributed by atoms with Crippen LogP contribution in [0.2, 0.25) is 5.15 Å². The normalized spacial score (nSPS) is 15.7. The summed E-state index contributed by atoms with van der Waals surface area (Å²) in [7, 11) is 0. The molecule has 0 aromatic carbocycles. The number of nitrogens with zero attached hydrogens (tertiary/aromatic N) is 2. The minimum absolute atomic E-state index is 0.163. The molecule has 1 N–H and O–H groups in total. The van der Waals surface area contributed by atoms with Crippen LogP contribution >= 0.6 is 22.9 Å². The van der Waals surface area contributed by atoms with Crippen molar-refractivity contribution in [3.05, 3.63) is 47.6 Å². The van der Waals surface area contributed by atoms with E-state index in [1.165, 1.54) is 15.9 Å².